The number of anilines is 1. The molecule has 2 N–H and O–H groups in total. The third-order valence-electron chi connectivity index (χ3n) is 4.86. The van der Waals surface area contributed by atoms with Crippen molar-refractivity contribution in [2.24, 2.45) is 5.73 Å². The second-order valence-electron chi connectivity index (χ2n) is 6.92. The standard InChI is InChI=1S/C20H25N5OS.2ClH/c21-18(14-16-6-2-1-3-7-16)19-22-23-20(26-19)25-10-5-9-24(11-12-25)15-17-8-4-13-27-17;;/h1-4,6-8,13,18H,5,9-12,14-15,21H2;2*1H/t18-;;/m1../s1. The van der Waals surface area contributed by atoms with E-state index in [0.717, 1.165) is 39.1 Å². The molecule has 1 saturated heterocycles. The second-order valence-corrected chi connectivity index (χ2v) is 7.95. The van der Waals surface area contributed by atoms with Crippen LogP contribution in [0.5, 0.6) is 0 Å². The van der Waals surface area contributed by atoms with Crippen molar-refractivity contribution in [3.63, 3.8) is 0 Å². The van der Waals surface area contributed by atoms with E-state index in [4.69, 9.17) is 10.2 Å². The fourth-order valence-electron chi connectivity index (χ4n) is 3.40. The van der Waals surface area contributed by atoms with Crippen LogP contribution in [0, 0.1) is 0 Å². The van der Waals surface area contributed by atoms with Crippen molar-refractivity contribution in [1.29, 1.82) is 0 Å². The molecule has 0 aliphatic carbocycles. The van der Waals surface area contributed by atoms with Gasteiger partial charge in [-0.3, -0.25) is 4.90 Å². The third kappa shape index (κ3) is 6.42. The Hall–Kier alpha value is -1.64. The Balaban J connectivity index is 0.00000150. The Bertz CT molecular complexity index is 831. The van der Waals surface area contributed by atoms with Gasteiger partial charge in [-0.15, -0.1) is 41.2 Å². The van der Waals surface area contributed by atoms with Crippen LogP contribution >= 0.6 is 36.2 Å². The minimum Gasteiger partial charge on any atom is -0.406 e. The van der Waals surface area contributed by atoms with E-state index >= 15 is 0 Å². The van der Waals surface area contributed by atoms with Crippen LogP contribution in [0.2, 0.25) is 0 Å². The summed E-state index contributed by atoms with van der Waals surface area (Å²) in [7, 11) is 0. The summed E-state index contributed by atoms with van der Waals surface area (Å²) < 4.78 is 5.92. The molecular weight excluding hydrogens is 429 g/mol. The molecule has 1 fully saturated rings. The molecule has 3 heterocycles. The fraction of sp³-hybridized carbons (Fsp3) is 0.400. The predicted molar refractivity (Wildman–Crippen MR) is 122 cm³/mol. The summed E-state index contributed by atoms with van der Waals surface area (Å²) in [5.74, 6) is 0.508. The summed E-state index contributed by atoms with van der Waals surface area (Å²) in [4.78, 5) is 6.08. The van der Waals surface area contributed by atoms with Gasteiger partial charge >= 0.3 is 6.01 Å². The number of aromatic nitrogens is 2. The van der Waals surface area contributed by atoms with Gasteiger partial charge in [0.1, 0.15) is 0 Å². The summed E-state index contributed by atoms with van der Waals surface area (Å²) in [5, 5.41) is 10.6. The average Bonchev–Trinajstić information content (AvgIpc) is 3.32. The van der Waals surface area contributed by atoms with E-state index < -0.39 is 0 Å². The summed E-state index contributed by atoms with van der Waals surface area (Å²) in [6, 6.07) is 14.8. The van der Waals surface area contributed by atoms with E-state index in [-0.39, 0.29) is 30.9 Å². The Labute approximate surface area is 187 Å². The van der Waals surface area contributed by atoms with Crippen LogP contribution in [-0.4, -0.2) is 41.3 Å². The lowest BCUT2D eigenvalue weighted by molar-refractivity contribution is 0.287. The van der Waals surface area contributed by atoms with Crippen molar-refractivity contribution >= 4 is 42.2 Å². The van der Waals surface area contributed by atoms with Gasteiger partial charge in [-0.05, 0) is 29.9 Å². The van der Waals surface area contributed by atoms with Gasteiger partial charge in [-0.25, -0.2) is 0 Å². The van der Waals surface area contributed by atoms with Gasteiger partial charge in [0, 0.05) is 37.6 Å². The van der Waals surface area contributed by atoms with Gasteiger partial charge in [0.05, 0.1) is 6.04 Å². The quantitative estimate of drug-likeness (QED) is 0.606. The van der Waals surface area contributed by atoms with Crippen LogP contribution in [0.3, 0.4) is 0 Å². The summed E-state index contributed by atoms with van der Waals surface area (Å²) >= 11 is 1.82. The minimum atomic E-state index is -0.282. The Morgan fingerprint density at radius 1 is 1.00 bits per heavy atom. The smallest absolute Gasteiger partial charge is 0.318 e. The first-order valence-corrected chi connectivity index (χ1v) is 10.3. The van der Waals surface area contributed by atoms with Crippen molar-refractivity contribution in [1.82, 2.24) is 15.1 Å². The number of rotatable bonds is 6. The third-order valence-corrected chi connectivity index (χ3v) is 5.73. The zero-order chi connectivity index (χ0) is 18.5. The molecule has 29 heavy (non-hydrogen) atoms. The molecule has 1 atom stereocenters. The van der Waals surface area contributed by atoms with Crippen molar-refractivity contribution in [3.8, 4) is 0 Å². The zero-order valence-electron chi connectivity index (χ0n) is 16.1. The van der Waals surface area contributed by atoms with Crippen LogP contribution in [0.15, 0.2) is 52.3 Å². The van der Waals surface area contributed by atoms with E-state index in [1.54, 1.807) is 0 Å². The van der Waals surface area contributed by atoms with Gasteiger partial charge in [-0.2, -0.15) is 0 Å². The Kier molecular flexibility index (Phi) is 9.39. The molecule has 0 saturated carbocycles. The van der Waals surface area contributed by atoms with Crippen molar-refractivity contribution in [2.45, 2.75) is 25.4 Å². The lowest BCUT2D eigenvalue weighted by Gasteiger charge is -2.20. The first-order chi connectivity index (χ1) is 13.3. The molecule has 0 radical (unpaired) electrons. The summed E-state index contributed by atoms with van der Waals surface area (Å²) in [6.45, 7) is 4.91. The number of nitrogens with two attached hydrogens (primary N) is 1. The molecule has 6 nitrogen and oxygen atoms in total. The summed E-state index contributed by atoms with van der Waals surface area (Å²) in [6.07, 6.45) is 1.77. The maximum atomic E-state index is 6.28. The minimum absolute atomic E-state index is 0. The van der Waals surface area contributed by atoms with Crippen LogP contribution in [0.4, 0.5) is 6.01 Å². The Morgan fingerprint density at radius 2 is 1.83 bits per heavy atom. The van der Waals surface area contributed by atoms with E-state index in [1.165, 1.54) is 10.4 Å². The normalized spacial score (nSPS) is 15.8. The molecule has 2 aromatic heterocycles. The largest absolute Gasteiger partial charge is 0.406 e. The molecule has 0 bridgehead atoms. The van der Waals surface area contributed by atoms with Crippen molar-refractivity contribution in [2.75, 3.05) is 31.1 Å². The maximum Gasteiger partial charge on any atom is 0.318 e. The molecule has 9 heteroatoms. The van der Waals surface area contributed by atoms with Crippen LogP contribution in [0.25, 0.3) is 0 Å². The number of hydrogen-bond acceptors (Lipinski definition) is 7. The first kappa shape index (κ1) is 23.6. The number of benzene rings is 1. The first-order valence-electron chi connectivity index (χ1n) is 9.40. The maximum absolute atomic E-state index is 6.28. The van der Waals surface area contributed by atoms with E-state index in [0.29, 0.717) is 18.3 Å². The number of halogens is 2. The van der Waals surface area contributed by atoms with Gasteiger partial charge in [0.2, 0.25) is 5.89 Å². The topological polar surface area (TPSA) is 71.4 Å². The van der Waals surface area contributed by atoms with Gasteiger partial charge < -0.3 is 15.1 Å². The van der Waals surface area contributed by atoms with Crippen molar-refractivity contribution in [3.05, 3.63) is 64.2 Å². The highest BCUT2D eigenvalue weighted by Gasteiger charge is 2.22. The number of thiophene rings is 1. The zero-order valence-corrected chi connectivity index (χ0v) is 18.6. The van der Waals surface area contributed by atoms with Gasteiger partial charge in [-0.1, -0.05) is 41.5 Å². The molecule has 0 amide bonds. The highest BCUT2D eigenvalue weighted by atomic mass is 35.5. The molecule has 0 unspecified atom stereocenters. The molecule has 3 aromatic rings. The molecule has 1 aliphatic rings. The van der Waals surface area contributed by atoms with Gasteiger partial charge in [0.15, 0.2) is 0 Å². The van der Waals surface area contributed by atoms with E-state index in [1.807, 2.05) is 29.5 Å². The van der Waals surface area contributed by atoms with Crippen LogP contribution in [-0.2, 0) is 13.0 Å². The monoisotopic (exact) mass is 455 g/mol. The lowest BCUT2D eigenvalue weighted by Crippen LogP contribution is -2.30. The fourth-order valence-corrected chi connectivity index (χ4v) is 4.15. The van der Waals surface area contributed by atoms with E-state index in [2.05, 4.69) is 49.6 Å². The van der Waals surface area contributed by atoms with E-state index in [9.17, 15) is 0 Å². The summed E-state index contributed by atoms with van der Waals surface area (Å²) in [5.41, 5.74) is 7.45. The average molecular weight is 456 g/mol. The molecule has 0 spiro atoms. The molecule has 1 aliphatic heterocycles. The molecular formula is C20H27Cl2N5OS. The SMILES string of the molecule is Cl.Cl.N[C@H](Cc1ccccc1)c1nnc(N2CCCN(Cc3cccs3)CC2)o1. The van der Waals surface area contributed by atoms with Crippen LogP contribution in [0.1, 0.15) is 28.8 Å². The predicted octanol–water partition coefficient (Wildman–Crippen LogP) is 3.93. The molecule has 158 valence electrons. The van der Waals surface area contributed by atoms with Gasteiger partial charge in [0.25, 0.3) is 0 Å². The highest BCUT2D eigenvalue weighted by molar-refractivity contribution is 7.09. The highest BCUT2D eigenvalue weighted by Crippen LogP contribution is 2.21. The molecule has 1 aromatic carbocycles. The Morgan fingerprint density at radius 3 is 2.59 bits per heavy atom. The number of nitrogens with zero attached hydrogens (tertiary/aromatic N) is 4. The van der Waals surface area contributed by atoms with Crippen molar-refractivity contribution < 1.29 is 4.42 Å². The van der Waals surface area contributed by atoms with Crippen LogP contribution < -0.4 is 10.6 Å². The number of hydrogen-bond donors (Lipinski definition) is 1. The lowest BCUT2D eigenvalue weighted by atomic mass is 10.1. The molecule has 4 rings (SSSR count). The second kappa shape index (κ2) is 11.5.